The number of aromatic nitrogens is 1. The molecule has 1 atom stereocenters. The molecule has 1 unspecified atom stereocenters. The number of ketones is 1. The Morgan fingerprint density at radius 2 is 1.82 bits per heavy atom. The fraction of sp³-hybridized carbons (Fsp3) is 0.621. The standard InChI is InChI=1S/C29H37NO4/c1-18-6-7-21(19(2)12-18)13-24(31)14-22(15-25(32)33)27-26(20-8-9-20)28(34-30-27)23-16-29(17-23)10-4-3-5-11-29/h6-7,12,20,22-23H,3-5,8-11,13-17H2,1-2H3,(H,32,33). The zero-order chi connectivity index (χ0) is 23.9. The Kier molecular flexibility index (Phi) is 6.39. The van der Waals surface area contributed by atoms with Crippen LogP contribution in [0.3, 0.4) is 0 Å². The third-order valence-corrected chi connectivity index (χ3v) is 8.58. The summed E-state index contributed by atoms with van der Waals surface area (Å²) in [6.45, 7) is 4.07. The lowest BCUT2D eigenvalue weighted by atomic mass is 9.55. The molecule has 1 aromatic heterocycles. The molecule has 0 aliphatic heterocycles. The predicted octanol–water partition coefficient (Wildman–Crippen LogP) is 6.76. The van der Waals surface area contributed by atoms with Gasteiger partial charge in [-0.2, -0.15) is 0 Å². The van der Waals surface area contributed by atoms with Crippen molar-refractivity contribution >= 4 is 11.8 Å². The van der Waals surface area contributed by atoms with Gasteiger partial charge in [-0.25, -0.2) is 0 Å². The van der Waals surface area contributed by atoms with E-state index in [4.69, 9.17) is 4.52 Å². The number of aryl methyl sites for hydroxylation is 2. The van der Waals surface area contributed by atoms with Crippen molar-refractivity contribution in [3.63, 3.8) is 0 Å². The number of rotatable bonds is 9. The molecule has 5 nitrogen and oxygen atoms in total. The quantitative estimate of drug-likeness (QED) is 0.444. The smallest absolute Gasteiger partial charge is 0.304 e. The van der Waals surface area contributed by atoms with Crippen LogP contribution in [0.5, 0.6) is 0 Å². The molecule has 5 heteroatoms. The van der Waals surface area contributed by atoms with Gasteiger partial charge in [0, 0.05) is 30.2 Å². The van der Waals surface area contributed by atoms with Gasteiger partial charge in [0.1, 0.15) is 11.5 Å². The molecular weight excluding hydrogens is 426 g/mol. The second-order valence-corrected chi connectivity index (χ2v) is 11.4. The lowest BCUT2D eigenvalue weighted by Crippen LogP contribution is -2.37. The summed E-state index contributed by atoms with van der Waals surface area (Å²) >= 11 is 0. The Bertz CT molecular complexity index is 1070. The molecule has 2 aromatic rings. The summed E-state index contributed by atoms with van der Waals surface area (Å²) < 4.78 is 5.98. The summed E-state index contributed by atoms with van der Waals surface area (Å²) in [7, 11) is 0. The molecule has 3 fully saturated rings. The minimum Gasteiger partial charge on any atom is -0.481 e. The van der Waals surface area contributed by atoms with Gasteiger partial charge >= 0.3 is 5.97 Å². The minimum absolute atomic E-state index is 0.0642. The number of carbonyl (C=O) groups excluding carboxylic acids is 1. The number of carboxylic acid groups (broad SMARTS) is 1. The van der Waals surface area contributed by atoms with Crippen LogP contribution in [0.15, 0.2) is 22.7 Å². The number of hydrogen-bond donors (Lipinski definition) is 1. The van der Waals surface area contributed by atoms with E-state index in [-0.39, 0.29) is 18.6 Å². The summed E-state index contributed by atoms with van der Waals surface area (Å²) in [5.74, 6) is 0.587. The second kappa shape index (κ2) is 9.31. The third kappa shape index (κ3) is 4.85. The molecule has 34 heavy (non-hydrogen) atoms. The highest BCUT2D eigenvalue weighted by Gasteiger charge is 2.49. The molecule has 1 heterocycles. The maximum atomic E-state index is 13.1. The fourth-order valence-corrected chi connectivity index (χ4v) is 6.66. The Balaban J connectivity index is 1.35. The maximum Gasteiger partial charge on any atom is 0.304 e. The lowest BCUT2D eigenvalue weighted by molar-refractivity contribution is -0.137. The van der Waals surface area contributed by atoms with E-state index >= 15 is 0 Å². The Hall–Kier alpha value is -2.43. The molecule has 0 radical (unpaired) electrons. The molecule has 1 N–H and O–H groups in total. The van der Waals surface area contributed by atoms with Gasteiger partial charge in [0.05, 0.1) is 12.1 Å². The first-order valence-corrected chi connectivity index (χ1v) is 13.1. The topological polar surface area (TPSA) is 80.4 Å². The SMILES string of the molecule is Cc1ccc(CC(=O)CC(CC(=O)O)c2noc(C3CC4(CCCCC4)C3)c2C2CC2)c(C)c1. The minimum atomic E-state index is -0.889. The molecule has 3 aliphatic carbocycles. The summed E-state index contributed by atoms with van der Waals surface area (Å²) in [4.78, 5) is 24.8. The van der Waals surface area contributed by atoms with E-state index < -0.39 is 11.9 Å². The van der Waals surface area contributed by atoms with Gasteiger partial charge < -0.3 is 9.63 Å². The molecule has 5 rings (SSSR count). The number of carbonyl (C=O) groups is 2. The van der Waals surface area contributed by atoms with Crippen molar-refractivity contribution in [2.45, 2.75) is 109 Å². The van der Waals surface area contributed by atoms with Gasteiger partial charge in [-0.3, -0.25) is 9.59 Å². The Morgan fingerprint density at radius 1 is 1.09 bits per heavy atom. The molecule has 182 valence electrons. The largest absolute Gasteiger partial charge is 0.481 e. The Morgan fingerprint density at radius 3 is 2.47 bits per heavy atom. The third-order valence-electron chi connectivity index (χ3n) is 8.58. The number of aliphatic carboxylic acids is 1. The zero-order valence-electron chi connectivity index (χ0n) is 20.6. The highest BCUT2D eigenvalue weighted by Crippen LogP contribution is 2.60. The van der Waals surface area contributed by atoms with Gasteiger partial charge in [0.2, 0.25) is 0 Å². The number of Topliss-reactive ketones (excluding diaryl/α,β-unsaturated/α-hetero) is 1. The lowest BCUT2D eigenvalue weighted by Gasteiger charge is -2.49. The predicted molar refractivity (Wildman–Crippen MR) is 130 cm³/mol. The van der Waals surface area contributed by atoms with E-state index in [1.54, 1.807) is 0 Å². The molecule has 0 amide bonds. The molecule has 0 bridgehead atoms. The summed E-state index contributed by atoms with van der Waals surface area (Å²) in [6, 6.07) is 6.12. The van der Waals surface area contributed by atoms with Crippen molar-refractivity contribution in [2.75, 3.05) is 0 Å². The van der Waals surface area contributed by atoms with Crippen LogP contribution in [-0.2, 0) is 16.0 Å². The molecular formula is C29H37NO4. The first-order chi connectivity index (χ1) is 16.3. The summed E-state index contributed by atoms with van der Waals surface area (Å²) in [6.07, 6.45) is 11.7. The van der Waals surface area contributed by atoms with Crippen molar-refractivity contribution in [1.82, 2.24) is 5.16 Å². The normalized spacial score (nSPS) is 20.8. The molecule has 0 saturated heterocycles. The van der Waals surface area contributed by atoms with Crippen LogP contribution in [0, 0.1) is 19.3 Å². The zero-order valence-corrected chi connectivity index (χ0v) is 20.6. The highest BCUT2D eigenvalue weighted by atomic mass is 16.5. The molecule has 3 saturated carbocycles. The van der Waals surface area contributed by atoms with Crippen LogP contribution < -0.4 is 0 Å². The average molecular weight is 464 g/mol. The van der Waals surface area contributed by atoms with E-state index in [2.05, 4.69) is 11.2 Å². The van der Waals surface area contributed by atoms with E-state index in [0.717, 1.165) is 41.0 Å². The van der Waals surface area contributed by atoms with Gasteiger partial charge in [-0.05, 0) is 74.8 Å². The number of benzene rings is 1. The van der Waals surface area contributed by atoms with E-state index in [1.807, 2.05) is 26.0 Å². The van der Waals surface area contributed by atoms with Crippen LogP contribution in [0.2, 0.25) is 0 Å². The average Bonchev–Trinajstić information content (AvgIpc) is 3.52. The van der Waals surface area contributed by atoms with Crippen LogP contribution in [0.25, 0.3) is 0 Å². The summed E-state index contributed by atoms with van der Waals surface area (Å²) in [5.41, 5.74) is 5.69. The van der Waals surface area contributed by atoms with Gasteiger partial charge in [-0.1, -0.05) is 48.2 Å². The first-order valence-electron chi connectivity index (χ1n) is 13.1. The van der Waals surface area contributed by atoms with Gasteiger partial charge in [0.15, 0.2) is 0 Å². The maximum absolute atomic E-state index is 13.1. The fourth-order valence-electron chi connectivity index (χ4n) is 6.66. The van der Waals surface area contributed by atoms with Gasteiger partial charge in [0.25, 0.3) is 0 Å². The van der Waals surface area contributed by atoms with Crippen molar-refractivity contribution in [2.24, 2.45) is 5.41 Å². The molecule has 3 aliphatic rings. The number of nitrogens with zero attached hydrogens (tertiary/aromatic N) is 1. The van der Waals surface area contributed by atoms with E-state index in [9.17, 15) is 14.7 Å². The van der Waals surface area contributed by atoms with Crippen LogP contribution in [0.4, 0.5) is 0 Å². The van der Waals surface area contributed by atoms with Crippen LogP contribution in [0.1, 0.15) is 122 Å². The van der Waals surface area contributed by atoms with Crippen LogP contribution >= 0.6 is 0 Å². The molecule has 1 spiro atoms. The van der Waals surface area contributed by atoms with E-state index in [1.165, 1.54) is 50.5 Å². The molecule has 1 aromatic carbocycles. The second-order valence-electron chi connectivity index (χ2n) is 11.4. The van der Waals surface area contributed by atoms with Crippen LogP contribution in [-0.4, -0.2) is 22.0 Å². The van der Waals surface area contributed by atoms with E-state index in [0.29, 0.717) is 23.7 Å². The van der Waals surface area contributed by atoms with Crippen molar-refractivity contribution in [1.29, 1.82) is 0 Å². The summed E-state index contributed by atoms with van der Waals surface area (Å²) in [5, 5.41) is 14.1. The highest BCUT2D eigenvalue weighted by molar-refractivity contribution is 5.83. The van der Waals surface area contributed by atoms with Crippen molar-refractivity contribution in [3.8, 4) is 0 Å². The Labute approximate surface area is 202 Å². The van der Waals surface area contributed by atoms with Gasteiger partial charge in [-0.15, -0.1) is 0 Å². The number of carboxylic acids is 1. The van der Waals surface area contributed by atoms with Crippen molar-refractivity contribution in [3.05, 3.63) is 51.9 Å². The van der Waals surface area contributed by atoms with Crippen molar-refractivity contribution < 1.29 is 19.2 Å². The first kappa shape index (κ1) is 23.3. The monoisotopic (exact) mass is 463 g/mol. The number of hydrogen-bond acceptors (Lipinski definition) is 4.